The molecule has 1 fully saturated rings. The number of phenolic OH excluding ortho intramolecular Hbond substituents is 1. The first kappa shape index (κ1) is 17.4. The number of aromatic hydroxyl groups is 1. The van der Waals surface area contributed by atoms with Crippen LogP contribution >= 0.6 is 0 Å². The Balaban J connectivity index is 1.53. The minimum atomic E-state index is -0.706. The van der Waals surface area contributed by atoms with Crippen LogP contribution in [0.25, 0.3) is 0 Å². The number of hydrogen-bond acceptors (Lipinski definition) is 3. The van der Waals surface area contributed by atoms with Gasteiger partial charge in [-0.3, -0.25) is 9.69 Å². The van der Waals surface area contributed by atoms with Gasteiger partial charge in [0.15, 0.2) is 0 Å². The fraction of sp³-hybridized carbons (Fsp3) is 0.350. The number of amides is 1. The zero-order valence-electron chi connectivity index (χ0n) is 14.3. The molecular formula is C20H23FN2O2. The Kier molecular flexibility index (Phi) is 5.34. The fourth-order valence-corrected chi connectivity index (χ4v) is 3.42. The summed E-state index contributed by atoms with van der Waals surface area (Å²) in [5.41, 5.74) is 1.25. The number of benzene rings is 2. The first-order chi connectivity index (χ1) is 12.0. The average Bonchev–Trinajstić information content (AvgIpc) is 2.93. The van der Waals surface area contributed by atoms with Gasteiger partial charge in [-0.25, -0.2) is 4.39 Å². The van der Waals surface area contributed by atoms with Crippen molar-refractivity contribution in [2.45, 2.75) is 25.9 Å². The van der Waals surface area contributed by atoms with E-state index in [1.165, 1.54) is 17.7 Å². The van der Waals surface area contributed by atoms with Crippen LogP contribution in [0.15, 0.2) is 48.5 Å². The van der Waals surface area contributed by atoms with Gasteiger partial charge < -0.3 is 10.4 Å². The number of halogens is 1. The summed E-state index contributed by atoms with van der Waals surface area (Å²) >= 11 is 0. The van der Waals surface area contributed by atoms with Crippen LogP contribution in [0.5, 0.6) is 5.75 Å². The normalized spacial score (nSPS) is 20.6. The molecule has 1 amide bonds. The van der Waals surface area contributed by atoms with Gasteiger partial charge in [-0.1, -0.05) is 30.3 Å². The summed E-state index contributed by atoms with van der Waals surface area (Å²) in [7, 11) is 0. The third-order valence-electron chi connectivity index (χ3n) is 4.77. The van der Waals surface area contributed by atoms with Crippen LogP contribution in [-0.4, -0.2) is 35.0 Å². The van der Waals surface area contributed by atoms with Crippen LogP contribution in [0.4, 0.5) is 4.39 Å². The smallest absolute Gasteiger partial charge is 0.254 e. The van der Waals surface area contributed by atoms with Crippen LogP contribution in [0.1, 0.15) is 29.3 Å². The summed E-state index contributed by atoms with van der Waals surface area (Å²) in [5, 5.41) is 12.0. The zero-order chi connectivity index (χ0) is 17.8. The van der Waals surface area contributed by atoms with E-state index in [1.54, 1.807) is 0 Å². The van der Waals surface area contributed by atoms with E-state index in [0.29, 0.717) is 18.5 Å². The predicted molar refractivity (Wildman–Crippen MR) is 94.8 cm³/mol. The Bertz CT molecular complexity index is 736. The largest absolute Gasteiger partial charge is 0.508 e. The number of phenols is 1. The highest BCUT2D eigenvalue weighted by Crippen LogP contribution is 2.24. The lowest BCUT2D eigenvalue weighted by molar-refractivity contribution is 0.0943. The Hall–Kier alpha value is -2.40. The van der Waals surface area contributed by atoms with Gasteiger partial charge >= 0.3 is 0 Å². The van der Waals surface area contributed by atoms with Gasteiger partial charge in [-0.15, -0.1) is 0 Å². The van der Waals surface area contributed by atoms with E-state index in [9.17, 15) is 14.3 Å². The summed E-state index contributed by atoms with van der Waals surface area (Å²) in [5.74, 6) is -0.979. The fourth-order valence-electron chi connectivity index (χ4n) is 3.42. The molecule has 2 aromatic carbocycles. The van der Waals surface area contributed by atoms with Crippen molar-refractivity contribution < 1.29 is 14.3 Å². The highest BCUT2D eigenvalue weighted by molar-refractivity contribution is 5.94. The number of hydrogen-bond donors (Lipinski definition) is 2. The van der Waals surface area contributed by atoms with Gasteiger partial charge in [0.1, 0.15) is 11.6 Å². The average molecular weight is 342 g/mol. The molecule has 2 aromatic rings. The van der Waals surface area contributed by atoms with E-state index in [4.69, 9.17) is 0 Å². The molecule has 1 aliphatic heterocycles. The molecule has 0 spiro atoms. The van der Waals surface area contributed by atoms with Crippen molar-refractivity contribution in [1.29, 1.82) is 0 Å². The van der Waals surface area contributed by atoms with Gasteiger partial charge in [0.2, 0.25) is 0 Å². The van der Waals surface area contributed by atoms with E-state index < -0.39 is 11.7 Å². The maximum atomic E-state index is 13.7. The molecule has 132 valence electrons. The first-order valence-corrected chi connectivity index (χ1v) is 8.57. The Morgan fingerprint density at radius 1 is 1.28 bits per heavy atom. The number of carbonyl (C=O) groups excluding carboxylic acids is 1. The van der Waals surface area contributed by atoms with E-state index >= 15 is 0 Å². The lowest BCUT2D eigenvalue weighted by Gasteiger charge is -2.21. The number of nitrogens with one attached hydrogen (secondary N) is 1. The van der Waals surface area contributed by atoms with Gasteiger partial charge in [-0.05, 0) is 37.0 Å². The minimum absolute atomic E-state index is 0.0370. The van der Waals surface area contributed by atoms with Crippen molar-refractivity contribution in [2.75, 3.05) is 13.1 Å². The number of carbonyl (C=O) groups is 1. The second-order valence-electron chi connectivity index (χ2n) is 6.74. The van der Waals surface area contributed by atoms with E-state index in [1.807, 2.05) is 18.2 Å². The standard InChI is InChI=1S/C20H23FN2O2/c1-14-9-16(13-23(14)12-15-5-3-2-4-6-15)11-22-20(25)18-8-7-17(24)10-19(18)21/h2-8,10,14,16,24H,9,11-13H2,1H3,(H,22,25). The van der Waals surface area contributed by atoms with Gasteiger partial charge in [0.05, 0.1) is 5.56 Å². The van der Waals surface area contributed by atoms with Crippen molar-refractivity contribution >= 4 is 5.91 Å². The van der Waals surface area contributed by atoms with Crippen molar-refractivity contribution in [3.05, 3.63) is 65.5 Å². The van der Waals surface area contributed by atoms with Gasteiger partial charge in [0.25, 0.3) is 5.91 Å². The van der Waals surface area contributed by atoms with Gasteiger partial charge in [-0.2, -0.15) is 0 Å². The third kappa shape index (κ3) is 4.37. The quantitative estimate of drug-likeness (QED) is 0.877. The number of rotatable bonds is 5. The van der Waals surface area contributed by atoms with Crippen molar-refractivity contribution in [1.82, 2.24) is 10.2 Å². The van der Waals surface area contributed by atoms with Crippen LogP contribution in [-0.2, 0) is 6.54 Å². The number of likely N-dealkylation sites (tertiary alicyclic amines) is 1. The molecule has 5 heteroatoms. The highest BCUT2D eigenvalue weighted by atomic mass is 19.1. The highest BCUT2D eigenvalue weighted by Gasteiger charge is 2.29. The topological polar surface area (TPSA) is 52.6 Å². The SMILES string of the molecule is CC1CC(CNC(=O)c2ccc(O)cc2F)CN1Cc1ccccc1. The monoisotopic (exact) mass is 342 g/mol. The second-order valence-corrected chi connectivity index (χ2v) is 6.74. The predicted octanol–water partition coefficient (Wildman–Crippen LogP) is 3.17. The maximum absolute atomic E-state index is 13.7. The second kappa shape index (κ2) is 7.66. The molecular weight excluding hydrogens is 319 g/mol. The van der Waals surface area contributed by atoms with Crippen LogP contribution in [0.2, 0.25) is 0 Å². The van der Waals surface area contributed by atoms with Crippen LogP contribution < -0.4 is 5.32 Å². The van der Waals surface area contributed by atoms with Crippen LogP contribution in [0, 0.1) is 11.7 Å². The summed E-state index contributed by atoms with van der Waals surface area (Å²) in [4.78, 5) is 14.6. The molecule has 1 aliphatic rings. The molecule has 2 atom stereocenters. The molecule has 0 aliphatic carbocycles. The Labute approximate surface area is 147 Å². The van der Waals surface area contributed by atoms with Gasteiger partial charge in [0, 0.05) is 31.7 Å². The summed E-state index contributed by atoms with van der Waals surface area (Å²) in [6, 6.07) is 14.4. The summed E-state index contributed by atoms with van der Waals surface area (Å²) in [6.07, 6.45) is 1.01. The Morgan fingerprint density at radius 2 is 2.04 bits per heavy atom. The maximum Gasteiger partial charge on any atom is 0.254 e. The van der Waals surface area contributed by atoms with Crippen molar-refractivity contribution in [3.63, 3.8) is 0 Å². The van der Waals surface area contributed by atoms with Crippen molar-refractivity contribution in [3.8, 4) is 5.75 Å². The van der Waals surface area contributed by atoms with E-state index in [-0.39, 0.29) is 11.3 Å². The minimum Gasteiger partial charge on any atom is -0.508 e. The molecule has 0 radical (unpaired) electrons. The molecule has 0 aromatic heterocycles. The zero-order valence-corrected chi connectivity index (χ0v) is 14.3. The first-order valence-electron chi connectivity index (χ1n) is 8.57. The number of nitrogens with zero attached hydrogens (tertiary/aromatic N) is 1. The molecule has 0 saturated carbocycles. The molecule has 1 saturated heterocycles. The lowest BCUT2D eigenvalue weighted by Crippen LogP contribution is -2.31. The third-order valence-corrected chi connectivity index (χ3v) is 4.77. The molecule has 2 N–H and O–H groups in total. The summed E-state index contributed by atoms with van der Waals surface area (Å²) < 4.78 is 13.7. The summed E-state index contributed by atoms with van der Waals surface area (Å²) in [6.45, 7) is 4.53. The van der Waals surface area contributed by atoms with Crippen LogP contribution in [0.3, 0.4) is 0 Å². The lowest BCUT2D eigenvalue weighted by atomic mass is 10.1. The van der Waals surface area contributed by atoms with E-state index in [2.05, 4.69) is 29.3 Å². The molecule has 25 heavy (non-hydrogen) atoms. The molecule has 4 nitrogen and oxygen atoms in total. The van der Waals surface area contributed by atoms with Crippen molar-refractivity contribution in [2.24, 2.45) is 5.92 Å². The molecule has 2 unspecified atom stereocenters. The Morgan fingerprint density at radius 3 is 2.76 bits per heavy atom. The molecule has 3 rings (SSSR count). The molecule has 1 heterocycles. The van der Waals surface area contributed by atoms with E-state index in [0.717, 1.165) is 25.6 Å². The molecule has 0 bridgehead atoms.